The van der Waals surface area contributed by atoms with Crippen molar-refractivity contribution in [2.24, 2.45) is 0 Å². The van der Waals surface area contributed by atoms with Crippen molar-refractivity contribution in [3.05, 3.63) is 65.1 Å². The van der Waals surface area contributed by atoms with E-state index in [9.17, 15) is 14.4 Å². The minimum Gasteiger partial charge on any atom is -0.481 e. The summed E-state index contributed by atoms with van der Waals surface area (Å²) in [5, 5.41) is 16.6. The van der Waals surface area contributed by atoms with Crippen LogP contribution >= 0.6 is 0 Å². The van der Waals surface area contributed by atoms with Crippen molar-refractivity contribution in [2.45, 2.75) is 12.8 Å². The summed E-state index contributed by atoms with van der Waals surface area (Å²) in [4.78, 5) is 38.4. The van der Waals surface area contributed by atoms with Gasteiger partial charge >= 0.3 is 5.97 Å². The molecule has 3 N–H and O–H groups in total. The summed E-state index contributed by atoms with van der Waals surface area (Å²) in [6.07, 6.45) is 1.27. The summed E-state index contributed by atoms with van der Waals surface area (Å²) in [5.41, 5.74) is 2.62. The number of hydrogen-bond donors (Lipinski definition) is 3. The molecule has 0 aliphatic carbocycles. The Labute approximate surface area is 158 Å². The van der Waals surface area contributed by atoms with Crippen LogP contribution in [0.15, 0.2) is 59.5 Å². The molecule has 2 aliphatic heterocycles. The summed E-state index contributed by atoms with van der Waals surface area (Å²) in [5.74, 6) is -1.44. The van der Waals surface area contributed by atoms with E-state index < -0.39 is 11.9 Å². The lowest BCUT2D eigenvalue weighted by Crippen LogP contribution is -2.16. The van der Waals surface area contributed by atoms with Crippen molar-refractivity contribution in [3.8, 4) is 16.9 Å². The van der Waals surface area contributed by atoms with Crippen molar-refractivity contribution >= 4 is 28.5 Å². The molecule has 0 fully saturated rings. The molecule has 2 aromatic carbocycles. The summed E-state index contributed by atoms with van der Waals surface area (Å²) in [6.45, 7) is 0. The third-order valence-electron chi connectivity index (χ3n) is 4.37. The van der Waals surface area contributed by atoms with Crippen molar-refractivity contribution < 1.29 is 14.7 Å². The fourth-order valence-electron chi connectivity index (χ4n) is 3.04. The number of para-hydroxylation sites is 1. The highest BCUT2D eigenvalue weighted by molar-refractivity contribution is 5.94. The number of pyridine rings is 1. The van der Waals surface area contributed by atoms with Crippen LogP contribution in [-0.2, 0) is 9.59 Å². The number of aromatic amines is 1. The Kier molecular flexibility index (Phi) is 4.36. The van der Waals surface area contributed by atoms with Crippen LogP contribution in [-0.4, -0.2) is 31.7 Å². The predicted molar refractivity (Wildman–Crippen MR) is 104 cm³/mol. The quantitative estimate of drug-likeness (QED) is 0.495. The van der Waals surface area contributed by atoms with E-state index in [-0.39, 0.29) is 18.4 Å². The largest absolute Gasteiger partial charge is 0.481 e. The zero-order valence-corrected chi connectivity index (χ0v) is 14.7. The molecule has 0 aromatic heterocycles. The summed E-state index contributed by atoms with van der Waals surface area (Å²) < 4.78 is 1.29. The van der Waals surface area contributed by atoms with Gasteiger partial charge in [0.2, 0.25) is 5.91 Å². The second-order valence-corrected chi connectivity index (χ2v) is 6.31. The number of benzene rings is 2. The average molecular weight is 376 g/mol. The summed E-state index contributed by atoms with van der Waals surface area (Å²) in [6, 6.07) is 14.3. The van der Waals surface area contributed by atoms with Gasteiger partial charge in [-0.1, -0.05) is 24.3 Å². The van der Waals surface area contributed by atoms with Crippen LogP contribution in [0.3, 0.4) is 0 Å². The number of carboxylic acid groups (broad SMARTS) is 1. The van der Waals surface area contributed by atoms with Gasteiger partial charge in [0.25, 0.3) is 5.56 Å². The highest BCUT2D eigenvalue weighted by Crippen LogP contribution is 2.26. The summed E-state index contributed by atoms with van der Waals surface area (Å²) >= 11 is 0. The van der Waals surface area contributed by atoms with Crippen molar-refractivity contribution in [2.75, 3.05) is 5.32 Å². The number of fused-ring (bicyclic) bond motifs is 3. The number of nitrogens with one attached hydrogen (secondary N) is 2. The minimum atomic E-state index is -1.04. The molecule has 2 aliphatic rings. The number of aliphatic carboxylic acids is 1. The number of carbonyl (C=O) groups excluding carboxylic acids is 1. The lowest BCUT2D eigenvalue weighted by molar-refractivity contribution is -0.138. The number of rotatable bonds is 5. The van der Waals surface area contributed by atoms with Gasteiger partial charge in [-0.05, 0) is 24.3 Å². The van der Waals surface area contributed by atoms with Gasteiger partial charge in [-0.3, -0.25) is 14.4 Å². The zero-order chi connectivity index (χ0) is 19.7. The third kappa shape index (κ3) is 3.23. The van der Waals surface area contributed by atoms with E-state index in [2.05, 4.69) is 15.4 Å². The van der Waals surface area contributed by atoms with Gasteiger partial charge < -0.3 is 15.4 Å². The topological polar surface area (TPSA) is 117 Å². The lowest BCUT2D eigenvalue weighted by Gasteiger charge is -2.06. The number of carboxylic acids is 1. The normalized spacial score (nSPS) is 11.0. The Morgan fingerprint density at radius 1 is 1.11 bits per heavy atom. The fourth-order valence-corrected chi connectivity index (χ4v) is 3.04. The maximum atomic E-state index is 12.8. The number of carbonyl (C=O) groups is 2. The number of H-pyrrole nitrogens is 1. The average Bonchev–Trinajstić information content (AvgIpc) is 3.04. The second-order valence-electron chi connectivity index (χ2n) is 6.31. The molecule has 0 saturated carbocycles. The summed E-state index contributed by atoms with van der Waals surface area (Å²) in [7, 11) is 0. The van der Waals surface area contributed by atoms with E-state index in [4.69, 9.17) is 5.11 Å². The number of aromatic nitrogens is 3. The molecule has 2 aromatic rings. The Hall–Kier alpha value is -3.94. The van der Waals surface area contributed by atoms with Crippen LogP contribution in [0.4, 0.5) is 5.69 Å². The van der Waals surface area contributed by atoms with E-state index in [1.165, 1.54) is 4.68 Å². The van der Waals surface area contributed by atoms with Gasteiger partial charge in [-0.25, -0.2) is 0 Å². The third-order valence-corrected chi connectivity index (χ3v) is 4.37. The molecular formula is C20H16N4O4. The van der Waals surface area contributed by atoms with E-state index in [0.717, 1.165) is 10.9 Å². The monoisotopic (exact) mass is 376 g/mol. The van der Waals surface area contributed by atoms with Crippen LogP contribution < -0.4 is 10.9 Å². The molecule has 0 bridgehead atoms. The first-order valence-corrected chi connectivity index (χ1v) is 8.64. The zero-order valence-electron chi connectivity index (χ0n) is 14.7. The van der Waals surface area contributed by atoms with Crippen LogP contribution in [0.25, 0.3) is 27.8 Å². The van der Waals surface area contributed by atoms with Crippen LogP contribution in [0, 0.1) is 0 Å². The molecule has 0 spiro atoms. The van der Waals surface area contributed by atoms with E-state index in [1.54, 1.807) is 30.5 Å². The van der Waals surface area contributed by atoms with Gasteiger partial charge in [-0.15, -0.1) is 0 Å². The fraction of sp³-hybridized carbons (Fsp3) is 0.100. The first kappa shape index (κ1) is 17.5. The number of amides is 1. The number of nitrogens with zero attached hydrogens (tertiary/aromatic N) is 2. The standard InChI is InChI=1S/C20H16N4O4/c25-17(8-9-18(26)27)22-12-4-3-5-13(10-12)24-20(28)15-11-21-16-7-2-1-6-14(16)19(15)23-24/h1-7,10-11,21H,8-9H2,(H,22,25)(H,26,27). The molecular weight excluding hydrogens is 360 g/mol. The van der Waals surface area contributed by atoms with Crippen LogP contribution in [0.5, 0.6) is 0 Å². The van der Waals surface area contributed by atoms with E-state index >= 15 is 0 Å². The SMILES string of the molecule is O=C(O)CCC(=O)Nc1cccc(-n2nc3c4ccccc4[nH]cc-3c2=O)c1. The molecule has 0 radical (unpaired) electrons. The minimum absolute atomic E-state index is 0.125. The molecule has 28 heavy (non-hydrogen) atoms. The number of anilines is 1. The van der Waals surface area contributed by atoms with E-state index in [0.29, 0.717) is 22.6 Å². The highest BCUT2D eigenvalue weighted by atomic mass is 16.4. The van der Waals surface area contributed by atoms with Gasteiger partial charge in [0, 0.05) is 29.2 Å². The molecule has 4 rings (SSSR count). The van der Waals surface area contributed by atoms with Crippen LogP contribution in [0.1, 0.15) is 12.8 Å². The maximum absolute atomic E-state index is 12.8. The molecule has 0 saturated heterocycles. The van der Waals surface area contributed by atoms with Crippen molar-refractivity contribution in [3.63, 3.8) is 0 Å². The molecule has 140 valence electrons. The maximum Gasteiger partial charge on any atom is 0.303 e. The van der Waals surface area contributed by atoms with Crippen LogP contribution in [0.2, 0.25) is 0 Å². The second kappa shape index (κ2) is 6.99. The van der Waals surface area contributed by atoms with Crippen molar-refractivity contribution in [1.82, 2.24) is 14.8 Å². The Morgan fingerprint density at radius 3 is 2.75 bits per heavy atom. The Bertz CT molecular complexity index is 1220. The number of hydrogen-bond acceptors (Lipinski definition) is 4. The highest BCUT2D eigenvalue weighted by Gasteiger charge is 2.19. The Morgan fingerprint density at radius 2 is 1.93 bits per heavy atom. The first-order chi connectivity index (χ1) is 13.5. The molecule has 0 unspecified atom stereocenters. The van der Waals surface area contributed by atoms with Gasteiger partial charge in [0.05, 0.1) is 17.7 Å². The van der Waals surface area contributed by atoms with Crippen molar-refractivity contribution in [1.29, 1.82) is 0 Å². The van der Waals surface area contributed by atoms with Gasteiger partial charge in [-0.2, -0.15) is 9.78 Å². The lowest BCUT2D eigenvalue weighted by atomic mass is 10.1. The Balaban J connectivity index is 1.71. The molecule has 2 heterocycles. The smallest absolute Gasteiger partial charge is 0.303 e. The molecule has 1 amide bonds. The van der Waals surface area contributed by atoms with Gasteiger partial charge in [0.1, 0.15) is 5.69 Å². The molecule has 0 atom stereocenters. The van der Waals surface area contributed by atoms with E-state index in [1.807, 2.05) is 24.3 Å². The molecule has 8 heteroatoms. The molecule has 8 nitrogen and oxygen atoms in total. The predicted octanol–water partition coefficient (Wildman–Crippen LogP) is 2.62. The first-order valence-electron chi connectivity index (χ1n) is 8.64. The van der Waals surface area contributed by atoms with Gasteiger partial charge in [0.15, 0.2) is 0 Å².